The van der Waals surface area contributed by atoms with Crippen LogP contribution in [0.15, 0.2) is 85.5 Å². The molecule has 162 valence electrons. The number of aromatic nitrogens is 3. The predicted molar refractivity (Wildman–Crippen MR) is 128 cm³/mol. The fourth-order valence-corrected chi connectivity index (χ4v) is 4.36. The topological polar surface area (TPSA) is 59.7 Å². The highest BCUT2D eigenvalue weighted by Crippen LogP contribution is 2.28. The molecular formula is C27H22N4O2. The van der Waals surface area contributed by atoms with Gasteiger partial charge >= 0.3 is 0 Å². The minimum Gasteiger partial charge on any atom is -0.378 e. The third-order valence-corrected chi connectivity index (χ3v) is 6.21. The Kier molecular flexibility index (Phi) is 4.85. The SMILES string of the molecule is O=C(c1ccc(-c2ccc3ncc(-c4ccc5cnccc5c4)n3c2)cc1)N1CCOCC1. The van der Waals surface area contributed by atoms with Crippen molar-refractivity contribution in [3.05, 3.63) is 91.0 Å². The molecule has 1 saturated heterocycles. The Bertz CT molecular complexity index is 1470. The van der Waals surface area contributed by atoms with Gasteiger partial charge in [-0.05, 0) is 52.9 Å². The molecule has 0 bridgehead atoms. The van der Waals surface area contributed by atoms with Crippen molar-refractivity contribution in [1.29, 1.82) is 0 Å². The summed E-state index contributed by atoms with van der Waals surface area (Å²) in [4.78, 5) is 23.4. The van der Waals surface area contributed by atoms with Gasteiger partial charge in [0.25, 0.3) is 5.91 Å². The predicted octanol–water partition coefficient (Wildman–Crippen LogP) is 4.69. The lowest BCUT2D eigenvalue weighted by molar-refractivity contribution is 0.0303. The fraction of sp³-hybridized carbons (Fsp3) is 0.148. The van der Waals surface area contributed by atoms with E-state index in [0.717, 1.165) is 38.8 Å². The molecular weight excluding hydrogens is 412 g/mol. The zero-order valence-electron chi connectivity index (χ0n) is 18.0. The highest BCUT2D eigenvalue weighted by atomic mass is 16.5. The normalized spacial score (nSPS) is 14.1. The number of nitrogens with zero attached hydrogens (tertiary/aromatic N) is 4. The van der Waals surface area contributed by atoms with Crippen LogP contribution in [-0.2, 0) is 4.74 Å². The van der Waals surface area contributed by atoms with Crippen LogP contribution in [0.2, 0.25) is 0 Å². The number of hydrogen-bond donors (Lipinski definition) is 0. The number of carbonyl (C=O) groups excluding carboxylic acids is 1. The maximum Gasteiger partial charge on any atom is 0.254 e. The van der Waals surface area contributed by atoms with E-state index < -0.39 is 0 Å². The molecule has 1 fully saturated rings. The largest absolute Gasteiger partial charge is 0.378 e. The molecule has 2 aromatic carbocycles. The molecule has 4 heterocycles. The highest BCUT2D eigenvalue weighted by molar-refractivity contribution is 5.94. The first-order valence-electron chi connectivity index (χ1n) is 11.0. The van der Waals surface area contributed by atoms with Crippen LogP contribution in [0.4, 0.5) is 0 Å². The molecule has 0 aliphatic carbocycles. The van der Waals surface area contributed by atoms with Crippen molar-refractivity contribution < 1.29 is 9.53 Å². The van der Waals surface area contributed by atoms with E-state index in [2.05, 4.69) is 44.8 Å². The number of morpholine rings is 1. The van der Waals surface area contributed by atoms with Crippen molar-refractivity contribution >= 4 is 22.3 Å². The van der Waals surface area contributed by atoms with Gasteiger partial charge in [0.2, 0.25) is 0 Å². The molecule has 0 N–H and O–H groups in total. The van der Waals surface area contributed by atoms with Crippen LogP contribution in [0.1, 0.15) is 10.4 Å². The molecule has 0 spiro atoms. The van der Waals surface area contributed by atoms with E-state index in [1.165, 1.54) is 0 Å². The van der Waals surface area contributed by atoms with E-state index in [1.54, 1.807) is 0 Å². The van der Waals surface area contributed by atoms with E-state index in [1.807, 2.05) is 59.9 Å². The summed E-state index contributed by atoms with van der Waals surface area (Å²) in [6.07, 6.45) is 7.70. The zero-order valence-corrected chi connectivity index (χ0v) is 18.0. The number of ether oxygens (including phenoxy) is 1. The number of amides is 1. The average Bonchev–Trinajstić information content (AvgIpc) is 3.32. The molecule has 6 heteroatoms. The second-order valence-corrected chi connectivity index (χ2v) is 8.21. The molecule has 6 nitrogen and oxygen atoms in total. The van der Waals surface area contributed by atoms with Gasteiger partial charge in [0, 0.05) is 48.2 Å². The molecule has 33 heavy (non-hydrogen) atoms. The summed E-state index contributed by atoms with van der Waals surface area (Å²) in [6.45, 7) is 2.49. The fourth-order valence-electron chi connectivity index (χ4n) is 4.36. The standard InChI is InChI=1S/C27H22N4O2/c32-27(30-11-13-33-14-12-30)20-3-1-19(2-4-20)24-7-8-26-29-17-25(31(26)18-24)22-5-6-23-16-28-10-9-21(23)15-22/h1-10,15-18H,11-14H2. The third kappa shape index (κ3) is 3.64. The first-order valence-corrected chi connectivity index (χ1v) is 11.0. The van der Waals surface area contributed by atoms with Gasteiger partial charge in [-0.1, -0.05) is 24.3 Å². The van der Waals surface area contributed by atoms with E-state index in [9.17, 15) is 4.79 Å². The molecule has 3 aromatic heterocycles. The van der Waals surface area contributed by atoms with Crippen LogP contribution < -0.4 is 0 Å². The van der Waals surface area contributed by atoms with E-state index in [0.29, 0.717) is 31.9 Å². The van der Waals surface area contributed by atoms with Crippen LogP contribution in [0.5, 0.6) is 0 Å². The number of carbonyl (C=O) groups is 1. The Morgan fingerprint density at radius 2 is 1.61 bits per heavy atom. The Morgan fingerprint density at radius 3 is 2.45 bits per heavy atom. The summed E-state index contributed by atoms with van der Waals surface area (Å²) in [7, 11) is 0. The van der Waals surface area contributed by atoms with Crippen molar-refractivity contribution in [2.45, 2.75) is 0 Å². The smallest absolute Gasteiger partial charge is 0.254 e. The lowest BCUT2D eigenvalue weighted by Crippen LogP contribution is -2.40. The van der Waals surface area contributed by atoms with Gasteiger partial charge in [-0.25, -0.2) is 4.98 Å². The number of hydrogen-bond acceptors (Lipinski definition) is 4. The summed E-state index contributed by atoms with van der Waals surface area (Å²) in [6, 6.07) is 20.3. The molecule has 0 unspecified atom stereocenters. The lowest BCUT2D eigenvalue weighted by atomic mass is 10.0. The number of rotatable bonds is 3. The van der Waals surface area contributed by atoms with E-state index >= 15 is 0 Å². The van der Waals surface area contributed by atoms with Gasteiger partial charge in [0.05, 0.1) is 25.1 Å². The van der Waals surface area contributed by atoms with Gasteiger partial charge in [-0.15, -0.1) is 0 Å². The molecule has 1 amide bonds. The highest BCUT2D eigenvalue weighted by Gasteiger charge is 2.18. The minimum absolute atomic E-state index is 0.0590. The van der Waals surface area contributed by atoms with Gasteiger partial charge in [0.15, 0.2) is 0 Å². The van der Waals surface area contributed by atoms with Gasteiger partial charge < -0.3 is 9.64 Å². The Hall–Kier alpha value is -4.03. The lowest BCUT2D eigenvalue weighted by Gasteiger charge is -2.26. The molecule has 0 atom stereocenters. The molecule has 1 aliphatic rings. The van der Waals surface area contributed by atoms with Crippen molar-refractivity contribution in [2.75, 3.05) is 26.3 Å². The molecule has 0 radical (unpaired) electrons. The maximum atomic E-state index is 12.7. The Balaban J connectivity index is 1.33. The van der Waals surface area contributed by atoms with Crippen molar-refractivity contribution in [1.82, 2.24) is 19.3 Å². The second kappa shape index (κ2) is 8.15. The van der Waals surface area contributed by atoms with Crippen LogP contribution in [-0.4, -0.2) is 51.5 Å². The van der Waals surface area contributed by atoms with Crippen LogP contribution >= 0.6 is 0 Å². The first-order chi connectivity index (χ1) is 16.3. The quantitative estimate of drug-likeness (QED) is 0.413. The molecule has 5 aromatic rings. The Morgan fingerprint density at radius 1 is 0.818 bits per heavy atom. The summed E-state index contributed by atoms with van der Waals surface area (Å²) in [5, 5.41) is 2.26. The zero-order chi connectivity index (χ0) is 22.2. The Labute approximate surface area is 191 Å². The monoisotopic (exact) mass is 434 g/mol. The first kappa shape index (κ1) is 19.6. The van der Waals surface area contributed by atoms with Crippen LogP contribution in [0.25, 0.3) is 38.8 Å². The number of imidazole rings is 1. The minimum atomic E-state index is 0.0590. The van der Waals surface area contributed by atoms with Crippen LogP contribution in [0, 0.1) is 0 Å². The molecule has 1 aliphatic heterocycles. The second-order valence-electron chi connectivity index (χ2n) is 8.21. The number of pyridine rings is 2. The van der Waals surface area contributed by atoms with Crippen molar-refractivity contribution in [3.63, 3.8) is 0 Å². The summed E-state index contributed by atoms with van der Waals surface area (Å²) in [5.74, 6) is 0.0590. The van der Waals surface area contributed by atoms with Crippen LogP contribution in [0.3, 0.4) is 0 Å². The summed E-state index contributed by atoms with van der Waals surface area (Å²) < 4.78 is 7.47. The average molecular weight is 434 g/mol. The summed E-state index contributed by atoms with van der Waals surface area (Å²) in [5.41, 5.74) is 5.85. The third-order valence-electron chi connectivity index (χ3n) is 6.21. The van der Waals surface area contributed by atoms with Gasteiger partial charge in [0.1, 0.15) is 5.65 Å². The van der Waals surface area contributed by atoms with E-state index in [4.69, 9.17) is 4.74 Å². The van der Waals surface area contributed by atoms with Gasteiger partial charge in [-0.3, -0.25) is 14.2 Å². The van der Waals surface area contributed by atoms with Crippen molar-refractivity contribution in [3.8, 4) is 22.4 Å². The summed E-state index contributed by atoms with van der Waals surface area (Å²) >= 11 is 0. The number of benzene rings is 2. The number of fused-ring (bicyclic) bond motifs is 2. The molecule has 0 saturated carbocycles. The van der Waals surface area contributed by atoms with Crippen molar-refractivity contribution in [2.24, 2.45) is 0 Å². The van der Waals surface area contributed by atoms with Gasteiger partial charge in [-0.2, -0.15) is 0 Å². The molecule has 6 rings (SSSR count). The maximum absolute atomic E-state index is 12.7. The van der Waals surface area contributed by atoms with E-state index in [-0.39, 0.29) is 5.91 Å².